The molecule has 0 saturated carbocycles. The first-order valence-electron chi connectivity index (χ1n) is 10.2. The lowest BCUT2D eigenvalue weighted by atomic mass is 9.80. The van der Waals surface area contributed by atoms with Crippen LogP contribution >= 0.6 is 23.2 Å². The summed E-state index contributed by atoms with van der Waals surface area (Å²) in [4.78, 5) is 17.8. The Morgan fingerprint density at radius 2 is 1.88 bits per heavy atom. The molecule has 2 atom stereocenters. The summed E-state index contributed by atoms with van der Waals surface area (Å²) in [6, 6.07) is 4.99. The second-order valence-electron chi connectivity index (χ2n) is 8.89. The third kappa shape index (κ3) is 4.53. The number of sulfone groups is 1. The van der Waals surface area contributed by atoms with Crippen LogP contribution in [-0.2, 0) is 32.9 Å². The topological polar surface area (TPSA) is 102 Å². The first-order chi connectivity index (χ1) is 15.6. The number of amides is 1. The Balaban J connectivity index is 1.58. The molecule has 14 heteroatoms. The van der Waals surface area contributed by atoms with Crippen LogP contribution in [0.3, 0.4) is 0 Å². The maximum Gasteiger partial charge on any atom is 0.423 e. The predicted octanol–water partition coefficient (Wildman–Crippen LogP) is 3.10. The van der Waals surface area contributed by atoms with Crippen LogP contribution in [0.1, 0.15) is 35.1 Å². The molecular formula is C20H21Cl2F3N4O4S. The Kier molecular flexibility index (Phi) is 6.21. The predicted molar refractivity (Wildman–Crippen MR) is 118 cm³/mol. The number of carbonyl (C=O) groups is 1. The maximum absolute atomic E-state index is 14.3. The van der Waals surface area contributed by atoms with Gasteiger partial charge in [0.1, 0.15) is 5.69 Å². The molecule has 2 unspecified atom stereocenters. The van der Waals surface area contributed by atoms with Crippen LogP contribution in [0.2, 0.25) is 10.0 Å². The van der Waals surface area contributed by atoms with Crippen LogP contribution < -0.4 is 10.8 Å². The Bertz CT molecular complexity index is 1220. The van der Waals surface area contributed by atoms with Gasteiger partial charge < -0.3 is 5.32 Å². The minimum Gasteiger partial charge on any atom is -0.350 e. The molecule has 1 amide bonds. The average molecular weight is 541 g/mol. The summed E-state index contributed by atoms with van der Waals surface area (Å²) in [7, 11) is -1.53. The van der Waals surface area contributed by atoms with Crippen LogP contribution in [0, 0.1) is 5.92 Å². The fraction of sp³-hybridized carbons (Fsp3) is 0.500. The number of hydroxylamine groups is 1. The summed E-state index contributed by atoms with van der Waals surface area (Å²) in [5, 5.41) is 6.95. The number of halogens is 5. The fourth-order valence-electron chi connectivity index (χ4n) is 4.25. The van der Waals surface area contributed by atoms with Crippen molar-refractivity contribution in [2.75, 3.05) is 18.1 Å². The first kappa shape index (κ1) is 25.2. The molecule has 8 nitrogen and oxygen atoms in total. The van der Waals surface area contributed by atoms with Gasteiger partial charge in [0.2, 0.25) is 5.60 Å². The quantitative estimate of drug-likeness (QED) is 0.604. The number of hydrogen-bond acceptors (Lipinski definition) is 6. The largest absolute Gasteiger partial charge is 0.423 e. The second-order valence-corrected chi connectivity index (χ2v) is 11.9. The van der Waals surface area contributed by atoms with E-state index in [4.69, 9.17) is 28.0 Å². The number of carbonyl (C=O) groups excluding carboxylic acids is 1. The van der Waals surface area contributed by atoms with E-state index in [1.165, 1.54) is 30.8 Å². The summed E-state index contributed by atoms with van der Waals surface area (Å²) in [5.41, 5.74) is -1.71. The number of aryl methyl sites for hydroxylation is 1. The van der Waals surface area contributed by atoms with E-state index < -0.39 is 39.5 Å². The number of nitrogens with zero attached hydrogens (tertiary/aromatic N) is 2. The summed E-state index contributed by atoms with van der Waals surface area (Å²) in [6.07, 6.45) is -5.43. The van der Waals surface area contributed by atoms with Crippen molar-refractivity contribution in [2.24, 2.45) is 13.0 Å². The highest BCUT2D eigenvalue weighted by atomic mass is 35.5. The minimum absolute atomic E-state index is 0.0102. The van der Waals surface area contributed by atoms with E-state index in [9.17, 15) is 26.4 Å². The number of hydrogen-bond donors (Lipinski definition) is 2. The Morgan fingerprint density at radius 3 is 2.44 bits per heavy atom. The molecule has 2 aliphatic heterocycles. The molecule has 2 aromatic rings. The van der Waals surface area contributed by atoms with Crippen LogP contribution in [0.25, 0.3) is 0 Å². The van der Waals surface area contributed by atoms with Crippen LogP contribution in [-0.4, -0.2) is 48.3 Å². The molecule has 2 fully saturated rings. The number of rotatable bonds is 5. The Labute approximate surface area is 203 Å². The van der Waals surface area contributed by atoms with Gasteiger partial charge in [0.25, 0.3) is 5.91 Å². The summed E-state index contributed by atoms with van der Waals surface area (Å²) in [5.74, 6) is -0.662. The first-order valence-corrected chi connectivity index (χ1v) is 12.7. The van der Waals surface area contributed by atoms with Gasteiger partial charge in [-0.05, 0) is 36.8 Å². The SMILES string of the molecule is Cn1nc(C2(C)CC(c3cc(Cl)cc(Cl)c3)(C(F)(F)F)ON2)cc1C(=O)NCC1CS(=O)(=O)C1. The zero-order valence-corrected chi connectivity index (χ0v) is 20.4. The van der Waals surface area contributed by atoms with Gasteiger partial charge in [0.15, 0.2) is 9.84 Å². The van der Waals surface area contributed by atoms with E-state index in [1.807, 2.05) is 0 Å². The lowest BCUT2D eigenvalue weighted by Crippen LogP contribution is -2.44. The maximum atomic E-state index is 14.3. The van der Waals surface area contributed by atoms with Crippen molar-refractivity contribution in [3.63, 3.8) is 0 Å². The smallest absolute Gasteiger partial charge is 0.350 e. The van der Waals surface area contributed by atoms with Crippen LogP contribution in [0.5, 0.6) is 0 Å². The number of nitrogens with one attached hydrogen (secondary N) is 2. The van der Waals surface area contributed by atoms with Crippen molar-refractivity contribution in [2.45, 2.75) is 30.7 Å². The molecular weight excluding hydrogens is 520 g/mol. The molecule has 0 aliphatic carbocycles. The van der Waals surface area contributed by atoms with Gasteiger partial charge in [0.05, 0.1) is 22.7 Å². The zero-order chi connectivity index (χ0) is 25.1. The lowest BCUT2D eigenvalue weighted by Gasteiger charge is -2.31. The molecule has 3 heterocycles. The summed E-state index contributed by atoms with van der Waals surface area (Å²) < 4.78 is 66.8. The third-order valence-corrected chi connectivity index (χ3v) is 8.44. The van der Waals surface area contributed by atoms with E-state index in [0.717, 1.165) is 12.1 Å². The highest BCUT2D eigenvalue weighted by Gasteiger charge is 2.65. The van der Waals surface area contributed by atoms with Crippen molar-refractivity contribution in [1.82, 2.24) is 20.6 Å². The molecule has 1 aromatic carbocycles. The highest BCUT2D eigenvalue weighted by Crippen LogP contribution is 2.53. The van der Waals surface area contributed by atoms with E-state index in [0.29, 0.717) is 0 Å². The standard InChI is InChI=1S/C20H21Cl2F3N4O4S/c1-18(10-19(33-28-18,20(23,24)25)12-3-13(21)5-14(22)4-12)16-6-15(29(2)27-16)17(30)26-7-11-8-34(31,32)9-11/h3-6,11,28H,7-10H2,1-2H3,(H,26,30). The Morgan fingerprint density at radius 1 is 1.26 bits per heavy atom. The zero-order valence-electron chi connectivity index (χ0n) is 18.0. The van der Waals surface area contributed by atoms with Gasteiger partial charge in [-0.2, -0.15) is 23.8 Å². The van der Waals surface area contributed by atoms with Crippen LogP contribution in [0.15, 0.2) is 24.3 Å². The van der Waals surface area contributed by atoms with Gasteiger partial charge in [0, 0.05) is 36.0 Å². The summed E-state index contributed by atoms with van der Waals surface area (Å²) >= 11 is 11.9. The van der Waals surface area contributed by atoms with Crippen molar-refractivity contribution in [1.29, 1.82) is 0 Å². The van der Waals surface area contributed by atoms with Gasteiger partial charge in [-0.3, -0.25) is 14.3 Å². The second kappa shape index (κ2) is 8.37. The molecule has 34 heavy (non-hydrogen) atoms. The normalized spacial score (nSPS) is 26.9. The van der Waals surface area contributed by atoms with E-state index in [2.05, 4.69) is 15.9 Å². The van der Waals surface area contributed by atoms with E-state index in [1.54, 1.807) is 0 Å². The third-order valence-electron chi connectivity index (χ3n) is 6.05. The monoisotopic (exact) mass is 540 g/mol. The van der Waals surface area contributed by atoms with Crippen molar-refractivity contribution in [3.05, 3.63) is 51.3 Å². The molecule has 1 aromatic heterocycles. The van der Waals surface area contributed by atoms with Crippen molar-refractivity contribution in [3.8, 4) is 0 Å². The average Bonchev–Trinajstić information content (AvgIpc) is 3.26. The van der Waals surface area contributed by atoms with Crippen molar-refractivity contribution < 1.29 is 31.2 Å². The number of aromatic nitrogens is 2. The van der Waals surface area contributed by atoms with E-state index in [-0.39, 0.29) is 51.0 Å². The Hall–Kier alpha value is -1.86. The van der Waals surface area contributed by atoms with Gasteiger partial charge in [-0.1, -0.05) is 23.2 Å². The van der Waals surface area contributed by atoms with Crippen LogP contribution in [0.4, 0.5) is 13.2 Å². The minimum atomic E-state index is -4.83. The molecule has 0 bridgehead atoms. The number of benzene rings is 1. The summed E-state index contributed by atoms with van der Waals surface area (Å²) in [6.45, 7) is 1.65. The molecule has 2 saturated heterocycles. The number of alkyl halides is 3. The fourth-order valence-corrected chi connectivity index (χ4v) is 6.35. The van der Waals surface area contributed by atoms with Gasteiger partial charge in [-0.25, -0.2) is 8.42 Å². The molecule has 0 spiro atoms. The molecule has 2 N–H and O–H groups in total. The highest BCUT2D eigenvalue weighted by molar-refractivity contribution is 7.92. The molecule has 186 valence electrons. The lowest BCUT2D eigenvalue weighted by molar-refractivity contribution is -0.282. The molecule has 0 radical (unpaired) electrons. The molecule has 4 rings (SSSR count). The molecule has 2 aliphatic rings. The van der Waals surface area contributed by atoms with Gasteiger partial charge >= 0.3 is 6.18 Å². The van der Waals surface area contributed by atoms with E-state index >= 15 is 0 Å². The van der Waals surface area contributed by atoms with Gasteiger partial charge in [-0.15, -0.1) is 0 Å². The van der Waals surface area contributed by atoms with Crippen molar-refractivity contribution >= 4 is 38.9 Å².